The van der Waals surface area contributed by atoms with Crippen LogP contribution in [-0.2, 0) is 0 Å². The molecule has 1 aromatic heterocycles. The van der Waals surface area contributed by atoms with Gasteiger partial charge in [0.25, 0.3) is 0 Å². The van der Waals surface area contributed by atoms with Gasteiger partial charge in [-0.2, -0.15) is 0 Å². The van der Waals surface area contributed by atoms with E-state index in [0.717, 1.165) is 9.94 Å². The molecule has 0 fully saturated rings. The maximum Gasteiger partial charge on any atom is 0.174 e. The molecule has 1 N–H and O–H groups in total. The number of thiophene rings is 1. The fourth-order valence-electron chi connectivity index (χ4n) is 0.703. The molecule has 0 saturated heterocycles. The standard InChI is InChI=1S/C9H10O2S/c1-11-9-6-5-8(12-9)4-2-3-7-10/h5-6,10H,3,7H2,1H3. The van der Waals surface area contributed by atoms with Gasteiger partial charge >= 0.3 is 0 Å². The number of aliphatic hydroxyl groups is 1. The predicted octanol–water partition coefficient (Wildman–Crippen LogP) is 1.49. The largest absolute Gasteiger partial charge is 0.487 e. The molecule has 0 amide bonds. The van der Waals surface area contributed by atoms with Crippen LogP contribution in [0.1, 0.15) is 11.3 Å². The zero-order valence-corrected chi connectivity index (χ0v) is 7.65. The van der Waals surface area contributed by atoms with Gasteiger partial charge in [0.2, 0.25) is 0 Å². The summed E-state index contributed by atoms with van der Waals surface area (Å²) in [6, 6.07) is 3.79. The van der Waals surface area contributed by atoms with E-state index in [4.69, 9.17) is 9.84 Å². The van der Waals surface area contributed by atoms with E-state index in [2.05, 4.69) is 11.8 Å². The summed E-state index contributed by atoms with van der Waals surface area (Å²) in [5.41, 5.74) is 0. The Hall–Kier alpha value is -0.980. The third-order valence-corrected chi connectivity index (χ3v) is 2.19. The van der Waals surface area contributed by atoms with Crippen LogP contribution >= 0.6 is 11.3 Å². The van der Waals surface area contributed by atoms with Gasteiger partial charge < -0.3 is 9.84 Å². The van der Waals surface area contributed by atoms with E-state index < -0.39 is 0 Å². The lowest BCUT2D eigenvalue weighted by molar-refractivity contribution is 0.305. The molecule has 0 atom stereocenters. The third kappa shape index (κ3) is 2.57. The van der Waals surface area contributed by atoms with Crippen LogP contribution in [0.25, 0.3) is 0 Å². The Bertz CT molecular complexity index is 293. The SMILES string of the molecule is COc1ccc(C#CCCO)s1. The molecule has 0 aliphatic heterocycles. The molecule has 1 rings (SSSR count). The number of hydrogen-bond donors (Lipinski definition) is 1. The minimum atomic E-state index is 0.121. The van der Waals surface area contributed by atoms with E-state index >= 15 is 0 Å². The Kier molecular flexibility index (Phi) is 3.65. The fraction of sp³-hybridized carbons (Fsp3) is 0.333. The van der Waals surface area contributed by atoms with Crippen LogP contribution in [0.2, 0.25) is 0 Å². The van der Waals surface area contributed by atoms with Gasteiger partial charge in [0.1, 0.15) is 0 Å². The highest BCUT2D eigenvalue weighted by Gasteiger charge is 1.94. The lowest BCUT2D eigenvalue weighted by atomic mass is 10.4. The second-order valence-electron chi connectivity index (χ2n) is 2.10. The topological polar surface area (TPSA) is 29.5 Å². The first-order valence-corrected chi connectivity index (χ1v) is 4.42. The molecule has 0 spiro atoms. The van der Waals surface area contributed by atoms with Crippen LogP contribution in [0.15, 0.2) is 12.1 Å². The van der Waals surface area contributed by atoms with E-state index in [1.807, 2.05) is 12.1 Å². The van der Waals surface area contributed by atoms with Crippen molar-refractivity contribution in [1.29, 1.82) is 0 Å². The molecule has 0 unspecified atom stereocenters. The average molecular weight is 182 g/mol. The first-order valence-electron chi connectivity index (χ1n) is 3.60. The Morgan fingerprint density at radius 1 is 1.58 bits per heavy atom. The normalized spacial score (nSPS) is 8.83. The molecule has 1 aromatic rings. The van der Waals surface area contributed by atoms with E-state index in [1.165, 1.54) is 11.3 Å². The summed E-state index contributed by atoms with van der Waals surface area (Å²) in [4.78, 5) is 0.973. The van der Waals surface area contributed by atoms with Crippen molar-refractivity contribution in [3.8, 4) is 16.9 Å². The maximum atomic E-state index is 8.47. The van der Waals surface area contributed by atoms with E-state index in [-0.39, 0.29) is 6.61 Å². The quantitative estimate of drug-likeness (QED) is 0.702. The molecule has 0 aliphatic carbocycles. The Morgan fingerprint density at radius 2 is 2.42 bits per heavy atom. The Balaban J connectivity index is 2.59. The molecule has 3 heteroatoms. The fourth-order valence-corrected chi connectivity index (χ4v) is 1.40. The van der Waals surface area contributed by atoms with E-state index in [0.29, 0.717) is 6.42 Å². The number of ether oxygens (including phenoxy) is 1. The summed E-state index contributed by atoms with van der Waals surface area (Å²) in [6.45, 7) is 0.121. The maximum absolute atomic E-state index is 8.47. The summed E-state index contributed by atoms with van der Waals surface area (Å²) in [7, 11) is 1.64. The molecule has 2 nitrogen and oxygen atoms in total. The molecule has 0 bridgehead atoms. The first-order chi connectivity index (χ1) is 5.86. The zero-order chi connectivity index (χ0) is 8.81. The van der Waals surface area contributed by atoms with Crippen LogP contribution in [-0.4, -0.2) is 18.8 Å². The molecule has 0 aromatic carbocycles. The van der Waals surface area contributed by atoms with Gasteiger partial charge in [-0.15, -0.1) is 0 Å². The smallest absolute Gasteiger partial charge is 0.174 e. The average Bonchev–Trinajstić information content (AvgIpc) is 2.53. The number of aliphatic hydroxyl groups excluding tert-OH is 1. The summed E-state index contributed by atoms with van der Waals surface area (Å²) in [5.74, 6) is 5.77. The van der Waals surface area contributed by atoms with Gasteiger partial charge in [-0.3, -0.25) is 0 Å². The van der Waals surface area contributed by atoms with Crippen LogP contribution in [0.3, 0.4) is 0 Å². The summed E-state index contributed by atoms with van der Waals surface area (Å²) < 4.78 is 5.00. The van der Waals surface area contributed by atoms with E-state index in [1.54, 1.807) is 7.11 Å². The molecule has 1 heterocycles. The van der Waals surface area contributed by atoms with Gasteiger partial charge in [-0.1, -0.05) is 23.2 Å². The summed E-state index contributed by atoms with van der Waals surface area (Å²) in [5, 5.41) is 9.34. The van der Waals surface area contributed by atoms with Crippen molar-refractivity contribution in [1.82, 2.24) is 0 Å². The highest BCUT2D eigenvalue weighted by atomic mass is 32.1. The van der Waals surface area contributed by atoms with Crippen molar-refractivity contribution in [2.24, 2.45) is 0 Å². The molecular weight excluding hydrogens is 172 g/mol. The second kappa shape index (κ2) is 4.81. The third-order valence-electron chi connectivity index (χ3n) is 1.23. The highest BCUT2D eigenvalue weighted by molar-refractivity contribution is 7.14. The van der Waals surface area contributed by atoms with Crippen LogP contribution < -0.4 is 4.74 Å². The number of rotatable bonds is 2. The molecule has 64 valence electrons. The summed E-state index contributed by atoms with van der Waals surface area (Å²) in [6.07, 6.45) is 0.528. The molecular formula is C9H10O2S. The van der Waals surface area contributed by atoms with E-state index in [9.17, 15) is 0 Å². The van der Waals surface area contributed by atoms with Crippen molar-refractivity contribution in [3.05, 3.63) is 17.0 Å². The van der Waals surface area contributed by atoms with Gasteiger partial charge in [0, 0.05) is 6.42 Å². The Morgan fingerprint density at radius 3 is 3.00 bits per heavy atom. The van der Waals surface area contributed by atoms with Crippen molar-refractivity contribution >= 4 is 11.3 Å². The van der Waals surface area contributed by atoms with Gasteiger partial charge in [-0.05, 0) is 12.1 Å². The van der Waals surface area contributed by atoms with Crippen LogP contribution in [0, 0.1) is 11.8 Å². The second-order valence-corrected chi connectivity index (χ2v) is 3.14. The Labute approximate surface area is 75.8 Å². The van der Waals surface area contributed by atoms with Gasteiger partial charge in [0.15, 0.2) is 5.06 Å². The van der Waals surface area contributed by atoms with Crippen LogP contribution in [0.4, 0.5) is 0 Å². The molecule has 12 heavy (non-hydrogen) atoms. The number of hydrogen-bond acceptors (Lipinski definition) is 3. The number of methoxy groups -OCH3 is 1. The summed E-state index contributed by atoms with van der Waals surface area (Å²) >= 11 is 1.51. The molecule has 0 radical (unpaired) electrons. The minimum Gasteiger partial charge on any atom is -0.487 e. The molecule has 0 aliphatic rings. The lowest BCUT2D eigenvalue weighted by Gasteiger charge is -1.87. The zero-order valence-electron chi connectivity index (χ0n) is 6.83. The van der Waals surface area contributed by atoms with Crippen molar-refractivity contribution < 1.29 is 9.84 Å². The van der Waals surface area contributed by atoms with Gasteiger partial charge in [0.05, 0.1) is 18.6 Å². The monoisotopic (exact) mass is 182 g/mol. The van der Waals surface area contributed by atoms with Crippen LogP contribution in [0.5, 0.6) is 5.06 Å². The minimum absolute atomic E-state index is 0.121. The first kappa shape index (κ1) is 9.11. The van der Waals surface area contributed by atoms with Crippen molar-refractivity contribution in [3.63, 3.8) is 0 Å². The predicted molar refractivity (Wildman–Crippen MR) is 49.5 cm³/mol. The lowest BCUT2D eigenvalue weighted by Crippen LogP contribution is -1.75. The van der Waals surface area contributed by atoms with Crippen molar-refractivity contribution in [2.75, 3.05) is 13.7 Å². The van der Waals surface area contributed by atoms with Gasteiger partial charge in [-0.25, -0.2) is 0 Å². The highest BCUT2D eigenvalue weighted by Crippen LogP contribution is 2.22. The van der Waals surface area contributed by atoms with Crippen molar-refractivity contribution in [2.45, 2.75) is 6.42 Å². The molecule has 0 saturated carbocycles.